The molecule has 3 heteroatoms. The molecule has 0 aromatic heterocycles. The highest BCUT2D eigenvalue weighted by molar-refractivity contribution is 5.88. The molecule has 5 aliphatic carbocycles. The predicted molar refractivity (Wildman–Crippen MR) is 119 cm³/mol. The van der Waals surface area contributed by atoms with Crippen LogP contribution in [0.3, 0.4) is 0 Å². The fraction of sp³-hybridized carbons (Fsp3) is 0.679. The molecule has 1 aromatic rings. The highest BCUT2D eigenvalue weighted by Gasteiger charge is 2.52. The van der Waals surface area contributed by atoms with Crippen molar-refractivity contribution in [2.24, 2.45) is 47.3 Å². The van der Waals surface area contributed by atoms with Crippen LogP contribution in [0.25, 0.3) is 0 Å². The fourth-order valence-corrected chi connectivity index (χ4v) is 9.19. The maximum Gasteiger partial charge on any atom is 0.338 e. The first-order valence-corrected chi connectivity index (χ1v) is 12.8. The van der Waals surface area contributed by atoms with E-state index in [-0.39, 0.29) is 11.5 Å². The molecule has 0 bridgehead atoms. The molecule has 0 radical (unpaired) electrons. The third-order valence-electron chi connectivity index (χ3n) is 10.4. The molecule has 9 unspecified atom stereocenters. The van der Waals surface area contributed by atoms with Crippen LogP contribution in [0.4, 0.5) is 4.39 Å². The second-order valence-corrected chi connectivity index (χ2v) is 11.3. The summed E-state index contributed by atoms with van der Waals surface area (Å²) in [5.74, 6) is 5.64. The molecule has 0 saturated heterocycles. The number of halogens is 1. The molecule has 1 aromatic carbocycles. The molecule has 4 saturated carbocycles. The van der Waals surface area contributed by atoms with Gasteiger partial charge in [-0.25, -0.2) is 9.18 Å². The summed E-state index contributed by atoms with van der Waals surface area (Å²) in [7, 11) is 0. The summed E-state index contributed by atoms with van der Waals surface area (Å²) in [6, 6.07) is 4.95. The van der Waals surface area contributed by atoms with Crippen molar-refractivity contribution in [2.45, 2.75) is 70.1 Å². The summed E-state index contributed by atoms with van der Waals surface area (Å²) < 4.78 is 14.9. The zero-order chi connectivity index (χ0) is 21.1. The Morgan fingerprint density at radius 2 is 1.52 bits per heavy atom. The van der Waals surface area contributed by atoms with Gasteiger partial charge in [-0.15, -0.1) is 0 Å². The second-order valence-electron chi connectivity index (χ2n) is 11.3. The van der Waals surface area contributed by atoms with Crippen molar-refractivity contribution in [3.63, 3.8) is 0 Å². The molecule has 6 rings (SSSR count). The van der Waals surface area contributed by atoms with E-state index >= 15 is 0 Å². The molecule has 0 spiro atoms. The Labute approximate surface area is 185 Å². The van der Waals surface area contributed by atoms with Crippen molar-refractivity contribution in [1.82, 2.24) is 0 Å². The molecule has 166 valence electrons. The van der Waals surface area contributed by atoms with Crippen molar-refractivity contribution in [1.29, 1.82) is 0 Å². The largest absolute Gasteiger partial charge is 0.478 e. The van der Waals surface area contributed by atoms with Crippen molar-refractivity contribution in [2.75, 3.05) is 0 Å². The number of carboxylic acid groups (broad SMARTS) is 1. The Morgan fingerprint density at radius 1 is 0.839 bits per heavy atom. The Balaban J connectivity index is 1.18. The number of hydrogen-bond donors (Lipinski definition) is 1. The molecular weight excluding hydrogens is 387 g/mol. The van der Waals surface area contributed by atoms with Crippen molar-refractivity contribution in [3.05, 3.63) is 47.3 Å². The third-order valence-corrected chi connectivity index (χ3v) is 10.4. The molecule has 31 heavy (non-hydrogen) atoms. The van der Waals surface area contributed by atoms with Crippen LogP contribution in [-0.2, 0) is 0 Å². The summed E-state index contributed by atoms with van der Waals surface area (Å²) in [6.45, 7) is 0. The van der Waals surface area contributed by atoms with Crippen LogP contribution in [0.2, 0.25) is 0 Å². The van der Waals surface area contributed by atoms with E-state index in [1.165, 1.54) is 57.4 Å². The Bertz CT molecular complexity index is 891. The monoisotopic (exact) mass is 422 g/mol. The topological polar surface area (TPSA) is 37.3 Å². The number of carboxylic acids is 1. The lowest BCUT2D eigenvalue weighted by molar-refractivity contribution is -0.0655. The van der Waals surface area contributed by atoms with Crippen molar-refractivity contribution >= 4 is 5.97 Å². The van der Waals surface area contributed by atoms with Crippen LogP contribution in [0.15, 0.2) is 30.4 Å². The first-order valence-electron chi connectivity index (χ1n) is 12.8. The normalized spacial score (nSPS) is 43.5. The number of rotatable bonds is 2. The van der Waals surface area contributed by atoms with Crippen LogP contribution < -0.4 is 0 Å². The molecule has 4 fully saturated rings. The van der Waals surface area contributed by atoms with Gasteiger partial charge in [0.25, 0.3) is 0 Å². The maximum absolute atomic E-state index is 14.9. The first kappa shape index (κ1) is 20.0. The van der Waals surface area contributed by atoms with Crippen LogP contribution in [0.5, 0.6) is 0 Å². The molecule has 0 aliphatic heterocycles. The quantitative estimate of drug-likeness (QED) is 0.518. The van der Waals surface area contributed by atoms with Gasteiger partial charge in [-0.05, 0) is 129 Å². The summed E-state index contributed by atoms with van der Waals surface area (Å²) in [5.41, 5.74) is 0.481. The van der Waals surface area contributed by atoms with Gasteiger partial charge in [0.05, 0.1) is 5.56 Å². The van der Waals surface area contributed by atoms with E-state index in [4.69, 9.17) is 0 Å². The van der Waals surface area contributed by atoms with Gasteiger partial charge in [0.1, 0.15) is 5.82 Å². The highest BCUT2D eigenvalue weighted by Crippen LogP contribution is 2.61. The van der Waals surface area contributed by atoms with Crippen LogP contribution in [0.1, 0.15) is 86.0 Å². The van der Waals surface area contributed by atoms with E-state index in [0.717, 1.165) is 54.3 Å². The van der Waals surface area contributed by atoms with E-state index in [2.05, 4.69) is 12.2 Å². The number of benzene rings is 1. The van der Waals surface area contributed by atoms with E-state index in [9.17, 15) is 14.3 Å². The smallest absolute Gasteiger partial charge is 0.338 e. The molecule has 2 nitrogen and oxygen atoms in total. The Hall–Kier alpha value is -1.64. The SMILES string of the molecule is O=C(O)c1cccc(C2CCC3C(CCC4C3CCC3C5CC=CC5CCC34)C2)c1F. The number of fused-ring (bicyclic) bond motifs is 7. The van der Waals surface area contributed by atoms with E-state index in [1.54, 1.807) is 6.07 Å². The molecule has 1 N–H and O–H groups in total. The van der Waals surface area contributed by atoms with E-state index in [0.29, 0.717) is 11.5 Å². The van der Waals surface area contributed by atoms with Gasteiger partial charge in [0, 0.05) is 0 Å². The minimum atomic E-state index is -1.16. The van der Waals surface area contributed by atoms with Gasteiger partial charge in [-0.1, -0.05) is 24.3 Å². The second kappa shape index (κ2) is 7.74. The number of allylic oxidation sites excluding steroid dienone is 2. The summed E-state index contributed by atoms with van der Waals surface area (Å²) in [6.07, 6.45) is 18.0. The predicted octanol–water partition coefficient (Wildman–Crippen LogP) is 7.06. The Morgan fingerprint density at radius 3 is 2.32 bits per heavy atom. The number of carbonyl (C=O) groups is 1. The van der Waals surface area contributed by atoms with Crippen LogP contribution in [-0.4, -0.2) is 11.1 Å². The summed E-state index contributed by atoms with van der Waals surface area (Å²) >= 11 is 0. The van der Waals surface area contributed by atoms with Crippen molar-refractivity contribution < 1.29 is 14.3 Å². The molecule has 0 heterocycles. The van der Waals surface area contributed by atoms with Gasteiger partial charge in [0.2, 0.25) is 0 Å². The lowest BCUT2D eigenvalue weighted by Crippen LogP contribution is -2.48. The standard InChI is InChI=1S/C28H35FO2/c29-27-21(5-2-6-26(27)28(30)31)18-8-10-20-17(15-18)9-12-25-23(20)14-13-22-19-4-1-3-16(19)7-11-24(22)25/h1-3,5-6,16-20,22-25H,4,7-15H2,(H,30,31). The van der Waals surface area contributed by atoms with Gasteiger partial charge in [0.15, 0.2) is 0 Å². The molecule has 5 aliphatic rings. The number of hydrogen-bond acceptors (Lipinski definition) is 1. The van der Waals surface area contributed by atoms with Crippen molar-refractivity contribution in [3.8, 4) is 0 Å². The average Bonchev–Trinajstić information content (AvgIpc) is 3.27. The third kappa shape index (κ3) is 3.21. The lowest BCUT2D eigenvalue weighted by Gasteiger charge is -2.57. The first-order chi connectivity index (χ1) is 15.1. The molecule has 0 amide bonds. The van der Waals surface area contributed by atoms with Gasteiger partial charge in [-0.2, -0.15) is 0 Å². The lowest BCUT2D eigenvalue weighted by atomic mass is 9.48. The number of aromatic carboxylic acids is 1. The molecule has 9 atom stereocenters. The highest BCUT2D eigenvalue weighted by atomic mass is 19.1. The van der Waals surface area contributed by atoms with E-state index in [1.807, 2.05) is 6.07 Å². The van der Waals surface area contributed by atoms with Gasteiger partial charge >= 0.3 is 5.97 Å². The van der Waals surface area contributed by atoms with Crippen LogP contribution >= 0.6 is 0 Å². The average molecular weight is 423 g/mol. The summed E-state index contributed by atoms with van der Waals surface area (Å²) in [4.78, 5) is 11.4. The minimum Gasteiger partial charge on any atom is -0.478 e. The van der Waals surface area contributed by atoms with E-state index < -0.39 is 11.8 Å². The molecular formula is C28H35FO2. The zero-order valence-corrected chi connectivity index (χ0v) is 18.4. The zero-order valence-electron chi connectivity index (χ0n) is 18.4. The van der Waals surface area contributed by atoms with Gasteiger partial charge < -0.3 is 5.11 Å². The van der Waals surface area contributed by atoms with Crippen LogP contribution in [0, 0.1) is 53.2 Å². The van der Waals surface area contributed by atoms with Gasteiger partial charge in [-0.3, -0.25) is 0 Å². The fourth-order valence-electron chi connectivity index (χ4n) is 9.19. The Kier molecular flexibility index (Phi) is 5.00. The minimum absolute atomic E-state index is 0.168. The maximum atomic E-state index is 14.9. The summed E-state index contributed by atoms with van der Waals surface area (Å²) in [5, 5.41) is 9.31.